The summed E-state index contributed by atoms with van der Waals surface area (Å²) in [5.74, 6) is 1.03. The molecule has 0 radical (unpaired) electrons. The van der Waals surface area contributed by atoms with Crippen molar-refractivity contribution in [1.29, 1.82) is 0 Å². The number of carbonyl (C=O) groups is 1. The number of rotatable bonds is 3. The molecular formula is C17H20N4O2. The predicted octanol–water partition coefficient (Wildman–Crippen LogP) is 2.60. The third-order valence-electron chi connectivity index (χ3n) is 3.98. The fourth-order valence-electron chi connectivity index (χ4n) is 2.80. The van der Waals surface area contributed by atoms with E-state index in [1.54, 1.807) is 19.4 Å². The highest BCUT2D eigenvalue weighted by Crippen LogP contribution is 2.23. The lowest BCUT2D eigenvalue weighted by atomic mass is 9.95. The zero-order chi connectivity index (χ0) is 16.2. The molecule has 2 amide bonds. The van der Waals surface area contributed by atoms with Crippen LogP contribution in [0.25, 0.3) is 0 Å². The Labute approximate surface area is 135 Å². The van der Waals surface area contributed by atoms with E-state index in [1.807, 2.05) is 17.0 Å². The molecule has 0 saturated heterocycles. The first kappa shape index (κ1) is 15.4. The van der Waals surface area contributed by atoms with Gasteiger partial charge >= 0.3 is 6.03 Å². The van der Waals surface area contributed by atoms with E-state index in [4.69, 9.17) is 4.74 Å². The van der Waals surface area contributed by atoms with E-state index in [-0.39, 0.29) is 12.1 Å². The van der Waals surface area contributed by atoms with Crippen LogP contribution in [0.5, 0.6) is 0 Å². The van der Waals surface area contributed by atoms with Crippen LogP contribution in [0.2, 0.25) is 0 Å². The summed E-state index contributed by atoms with van der Waals surface area (Å²) in [4.78, 5) is 22.8. The Kier molecular flexibility index (Phi) is 4.52. The Bertz CT molecular complexity index is 704. The Morgan fingerprint density at radius 2 is 2.13 bits per heavy atom. The SMILES string of the molecule is COCc1nccc(NC(=O)N2Cc3ccccc3CC2C)n1. The molecule has 1 aromatic heterocycles. The molecule has 6 nitrogen and oxygen atoms in total. The molecule has 2 heterocycles. The molecule has 0 bridgehead atoms. The van der Waals surface area contributed by atoms with Gasteiger partial charge in [0.15, 0.2) is 5.82 Å². The topological polar surface area (TPSA) is 67.3 Å². The maximum atomic E-state index is 12.6. The Hall–Kier alpha value is -2.47. The Balaban J connectivity index is 1.72. The van der Waals surface area contributed by atoms with Gasteiger partial charge in [-0.1, -0.05) is 24.3 Å². The normalized spacial score (nSPS) is 16.8. The zero-order valence-electron chi connectivity index (χ0n) is 13.3. The van der Waals surface area contributed by atoms with E-state index in [0.717, 1.165) is 6.42 Å². The molecule has 23 heavy (non-hydrogen) atoms. The van der Waals surface area contributed by atoms with Crippen molar-refractivity contribution in [2.24, 2.45) is 0 Å². The van der Waals surface area contributed by atoms with E-state index >= 15 is 0 Å². The number of fused-ring (bicyclic) bond motifs is 1. The van der Waals surface area contributed by atoms with E-state index in [9.17, 15) is 4.79 Å². The molecule has 1 aromatic carbocycles. The average Bonchev–Trinajstić information content (AvgIpc) is 2.55. The number of hydrogen-bond acceptors (Lipinski definition) is 4. The first-order chi connectivity index (χ1) is 11.2. The molecule has 0 saturated carbocycles. The van der Waals surface area contributed by atoms with Gasteiger partial charge < -0.3 is 9.64 Å². The first-order valence-electron chi connectivity index (χ1n) is 7.62. The van der Waals surface area contributed by atoms with Crippen molar-refractivity contribution in [1.82, 2.24) is 14.9 Å². The number of aromatic nitrogens is 2. The fraction of sp³-hybridized carbons (Fsp3) is 0.353. The number of urea groups is 1. The lowest BCUT2D eigenvalue weighted by Crippen LogP contribution is -2.44. The Morgan fingerprint density at radius 3 is 2.91 bits per heavy atom. The van der Waals surface area contributed by atoms with Crippen LogP contribution < -0.4 is 5.32 Å². The number of nitrogens with zero attached hydrogens (tertiary/aromatic N) is 3. The molecule has 3 rings (SSSR count). The van der Waals surface area contributed by atoms with Crippen LogP contribution in [0.15, 0.2) is 36.5 Å². The van der Waals surface area contributed by atoms with Crippen LogP contribution in [0.4, 0.5) is 10.6 Å². The van der Waals surface area contributed by atoms with Gasteiger partial charge in [-0.25, -0.2) is 14.8 Å². The highest BCUT2D eigenvalue weighted by atomic mass is 16.5. The molecule has 120 valence electrons. The van der Waals surface area contributed by atoms with Crippen LogP contribution in [0.1, 0.15) is 23.9 Å². The number of amides is 2. The smallest absolute Gasteiger partial charge is 0.323 e. The van der Waals surface area contributed by atoms with Gasteiger partial charge in [-0.05, 0) is 30.5 Å². The van der Waals surface area contributed by atoms with Crippen molar-refractivity contribution in [3.05, 3.63) is 53.5 Å². The van der Waals surface area contributed by atoms with Gasteiger partial charge in [0.05, 0.1) is 0 Å². The second-order valence-corrected chi connectivity index (χ2v) is 5.67. The number of anilines is 1. The van der Waals surface area contributed by atoms with Gasteiger partial charge in [-0.3, -0.25) is 5.32 Å². The number of nitrogens with one attached hydrogen (secondary N) is 1. The van der Waals surface area contributed by atoms with Crippen molar-refractivity contribution < 1.29 is 9.53 Å². The highest BCUT2D eigenvalue weighted by molar-refractivity contribution is 5.88. The third-order valence-corrected chi connectivity index (χ3v) is 3.98. The van der Waals surface area contributed by atoms with Gasteiger partial charge in [0.1, 0.15) is 12.4 Å². The van der Waals surface area contributed by atoms with Crippen LogP contribution >= 0.6 is 0 Å². The summed E-state index contributed by atoms with van der Waals surface area (Å²) >= 11 is 0. The van der Waals surface area contributed by atoms with E-state index in [0.29, 0.717) is 24.8 Å². The second-order valence-electron chi connectivity index (χ2n) is 5.67. The summed E-state index contributed by atoms with van der Waals surface area (Å²) in [6, 6.07) is 9.93. The van der Waals surface area contributed by atoms with Gasteiger partial charge in [0.25, 0.3) is 0 Å². The molecular weight excluding hydrogens is 292 g/mol. The average molecular weight is 312 g/mol. The summed E-state index contributed by atoms with van der Waals surface area (Å²) in [6.07, 6.45) is 2.48. The maximum Gasteiger partial charge on any atom is 0.323 e. The second kappa shape index (κ2) is 6.75. The molecule has 6 heteroatoms. The predicted molar refractivity (Wildman–Crippen MR) is 86.9 cm³/mol. The van der Waals surface area contributed by atoms with Crippen molar-refractivity contribution in [3.63, 3.8) is 0 Å². The van der Waals surface area contributed by atoms with Gasteiger partial charge in [0.2, 0.25) is 0 Å². The molecule has 1 aliphatic heterocycles. The summed E-state index contributed by atoms with van der Waals surface area (Å²) in [6.45, 7) is 2.99. The van der Waals surface area contributed by atoms with Gasteiger partial charge in [-0.2, -0.15) is 0 Å². The number of benzene rings is 1. The number of methoxy groups -OCH3 is 1. The molecule has 0 aliphatic carbocycles. The van der Waals surface area contributed by atoms with E-state index in [1.165, 1.54) is 11.1 Å². The molecule has 1 unspecified atom stereocenters. The summed E-state index contributed by atoms with van der Waals surface area (Å²) in [7, 11) is 1.58. The third kappa shape index (κ3) is 3.48. The number of ether oxygens (including phenoxy) is 1. The zero-order valence-corrected chi connectivity index (χ0v) is 13.3. The fourth-order valence-corrected chi connectivity index (χ4v) is 2.80. The minimum absolute atomic E-state index is 0.144. The molecule has 0 spiro atoms. The molecule has 2 aromatic rings. The quantitative estimate of drug-likeness (QED) is 0.946. The van der Waals surface area contributed by atoms with E-state index in [2.05, 4.69) is 34.3 Å². The van der Waals surface area contributed by atoms with Crippen molar-refractivity contribution >= 4 is 11.8 Å². The number of hydrogen-bond donors (Lipinski definition) is 1. The lowest BCUT2D eigenvalue weighted by Gasteiger charge is -2.34. The molecule has 1 aliphatic rings. The molecule has 0 fully saturated rings. The van der Waals surface area contributed by atoms with E-state index < -0.39 is 0 Å². The van der Waals surface area contributed by atoms with Crippen molar-refractivity contribution in [2.45, 2.75) is 32.5 Å². The van der Waals surface area contributed by atoms with Gasteiger partial charge in [0, 0.05) is 25.9 Å². The minimum Gasteiger partial charge on any atom is -0.377 e. The monoisotopic (exact) mass is 312 g/mol. The summed E-state index contributed by atoms with van der Waals surface area (Å²) < 4.78 is 5.01. The standard InChI is InChI=1S/C17H20N4O2/c1-12-9-13-5-3-4-6-14(13)10-21(12)17(22)20-15-7-8-18-16(19-15)11-23-2/h3-8,12H,9-11H2,1-2H3,(H,18,19,20,22). The number of carbonyl (C=O) groups excluding carboxylic acids is 1. The largest absolute Gasteiger partial charge is 0.377 e. The van der Waals surface area contributed by atoms with Crippen LogP contribution in [0, 0.1) is 0 Å². The summed E-state index contributed by atoms with van der Waals surface area (Å²) in [5, 5.41) is 2.85. The molecule has 1 N–H and O–H groups in total. The lowest BCUT2D eigenvalue weighted by molar-refractivity contribution is 0.177. The summed E-state index contributed by atoms with van der Waals surface area (Å²) in [5.41, 5.74) is 2.51. The highest BCUT2D eigenvalue weighted by Gasteiger charge is 2.26. The van der Waals surface area contributed by atoms with Crippen LogP contribution in [0.3, 0.4) is 0 Å². The van der Waals surface area contributed by atoms with Crippen LogP contribution in [-0.2, 0) is 24.3 Å². The first-order valence-corrected chi connectivity index (χ1v) is 7.62. The van der Waals surface area contributed by atoms with Crippen molar-refractivity contribution in [2.75, 3.05) is 12.4 Å². The molecule has 1 atom stereocenters. The van der Waals surface area contributed by atoms with Crippen LogP contribution in [-0.4, -0.2) is 34.1 Å². The van der Waals surface area contributed by atoms with Crippen molar-refractivity contribution in [3.8, 4) is 0 Å². The Morgan fingerprint density at radius 1 is 1.35 bits per heavy atom. The van der Waals surface area contributed by atoms with Gasteiger partial charge in [-0.15, -0.1) is 0 Å². The maximum absolute atomic E-state index is 12.6. The minimum atomic E-state index is -0.144.